The van der Waals surface area contributed by atoms with Gasteiger partial charge in [-0.25, -0.2) is 0 Å². The van der Waals surface area contributed by atoms with Crippen LogP contribution in [0.5, 0.6) is 0 Å². The molecule has 0 bridgehead atoms. The fourth-order valence-corrected chi connectivity index (χ4v) is 3.35. The predicted molar refractivity (Wildman–Crippen MR) is 89.5 cm³/mol. The van der Waals surface area contributed by atoms with E-state index in [1.165, 1.54) is 24.8 Å². The number of hydrogen-bond acceptors (Lipinski definition) is 2. The van der Waals surface area contributed by atoms with Crippen LogP contribution in [-0.4, -0.2) is 17.7 Å². The Morgan fingerprint density at radius 1 is 1.10 bits per heavy atom. The minimum atomic E-state index is -0.407. The third-order valence-electron chi connectivity index (χ3n) is 5.27. The lowest BCUT2D eigenvalue weighted by molar-refractivity contribution is 0.145. The van der Waals surface area contributed by atoms with Gasteiger partial charge in [-0.05, 0) is 35.3 Å². The standard InChI is InChI=1S/C19H31NO/c1-13(2)16-8-10-17(11-9-16)19(21)12-20-18-7-5-6-14(3)15(18)4/h8-11,13-15,18-21H,5-7,12H2,1-4H3. The van der Waals surface area contributed by atoms with E-state index in [4.69, 9.17) is 0 Å². The first-order valence-electron chi connectivity index (χ1n) is 8.50. The van der Waals surface area contributed by atoms with Crippen molar-refractivity contribution in [3.05, 3.63) is 35.4 Å². The smallest absolute Gasteiger partial charge is 0.0914 e. The van der Waals surface area contributed by atoms with E-state index in [1.807, 2.05) is 0 Å². The molecule has 21 heavy (non-hydrogen) atoms. The Morgan fingerprint density at radius 3 is 2.33 bits per heavy atom. The monoisotopic (exact) mass is 289 g/mol. The zero-order valence-electron chi connectivity index (χ0n) is 14.0. The van der Waals surface area contributed by atoms with Crippen LogP contribution in [0.4, 0.5) is 0 Å². The average molecular weight is 289 g/mol. The van der Waals surface area contributed by atoms with Crippen molar-refractivity contribution < 1.29 is 5.11 Å². The summed E-state index contributed by atoms with van der Waals surface area (Å²) in [7, 11) is 0. The Kier molecular flexibility index (Phi) is 5.83. The fourth-order valence-electron chi connectivity index (χ4n) is 3.35. The number of aliphatic hydroxyl groups is 1. The van der Waals surface area contributed by atoms with Gasteiger partial charge in [-0.2, -0.15) is 0 Å². The zero-order chi connectivity index (χ0) is 15.4. The molecule has 4 atom stereocenters. The lowest BCUT2D eigenvalue weighted by Crippen LogP contribution is -2.42. The summed E-state index contributed by atoms with van der Waals surface area (Å²) < 4.78 is 0. The van der Waals surface area contributed by atoms with Crippen molar-refractivity contribution in [2.75, 3.05) is 6.54 Å². The lowest BCUT2D eigenvalue weighted by Gasteiger charge is -2.35. The maximum Gasteiger partial charge on any atom is 0.0914 e. The molecule has 0 aromatic heterocycles. The molecule has 1 aromatic rings. The molecule has 118 valence electrons. The van der Waals surface area contributed by atoms with Gasteiger partial charge in [-0.3, -0.25) is 0 Å². The number of nitrogens with one attached hydrogen (secondary N) is 1. The summed E-state index contributed by atoms with van der Waals surface area (Å²) in [4.78, 5) is 0. The fraction of sp³-hybridized carbons (Fsp3) is 0.684. The van der Waals surface area contributed by atoms with Crippen molar-refractivity contribution in [2.24, 2.45) is 11.8 Å². The maximum absolute atomic E-state index is 10.4. The molecule has 1 aliphatic rings. The Labute approximate surface area is 130 Å². The molecule has 0 heterocycles. The first kappa shape index (κ1) is 16.5. The molecule has 0 radical (unpaired) electrons. The number of hydrogen-bond donors (Lipinski definition) is 2. The molecule has 1 aromatic carbocycles. The number of benzene rings is 1. The molecule has 0 spiro atoms. The van der Waals surface area contributed by atoms with E-state index in [0.29, 0.717) is 24.4 Å². The number of rotatable bonds is 5. The van der Waals surface area contributed by atoms with Gasteiger partial charge in [-0.15, -0.1) is 0 Å². The Hall–Kier alpha value is -0.860. The lowest BCUT2D eigenvalue weighted by atomic mass is 9.78. The van der Waals surface area contributed by atoms with Crippen molar-refractivity contribution >= 4 is 0 Å². The van der Waals surface area contributed by atoms with Crippen molar-refractivity contribution in [3.63, 3.8) is 0 Å². The second-order valence-electron chi connectivity index (χ2n) is 7.12. The summed E-state index contributed by atoms with van der Waals surface area (Å²) in [5.74, 6) is 2.03. The van der Waals surface area contributed by atoms with Crippen LogP contribution in [0.25, 0.3) is 0 Å². The summed E-state index contributed by atoms with van der Waals surface area (Å²) >= 11 is 0. The highest BCUT2D eigenvalue weighted by Gasteiger charge is 2.27. The van der Waals surface area contributed by atoms with Gasteiger partial charge >= 0.3 is 0 Å². The highest BCUT2D eigenvalue weighted by molar-refractivity contribution is 5.26. The van der Waals surface area contributed by atoms with Gasteiger partial charge in [0, 0.05) is 12.6 Å². The van der Waals surface area contributed by atoms with Crippen LogP contribution in [0.3, 0.4) is 0 Å². The zero-order valence-corrected chi connectivity index (χ0v) is 14.0. The maximum atomic E-state index is 10.4. The van der Waals surface area contributed by atoms with Crippen LogP contribution < -0.4 is 5.32 Å². The van der Waals surface area contributed by atoms with Gasteiger partial charge in [0.05, 0.1) is 6.10 Å². The molecule has 2 heteroatoms. The average Bonchev–Trinajstić information content (AvgIpc) is 2.48. The van der Waals surface area contributed by atoms with Crippen LogP contribution in [0, 0.1) is 11.8 Å². The summed E-state index contributed by atoms with van der Waals surface area (Å²) in [6.07, 6.45) is 3.49. The second-order valence-corrected chi connectivity index (χ2v) is 7.12. The third-order valence-corrected chi connectivity index (χ3v) is 5.27. The normalized spacial score (nSPS) is 27.8. The molecule has 1 saturated carbocycles. The molecular weight excluding hydrogens is 258 g/mol. The predicted octanol–water partition coefficient (Wildman–Crippen LogP) is 4.26. The third kappa shape index (κ3) is 4.31. The van der Waals surface area contributed by atoms with Crippen LogP contribution in [-0.2, 0) is 0 Å². The van der Waals surface area contributed by atoms with E-state index in [9.17, 15) is 5.11 Å². The van der Waals surface area contributed by atoms with Gasteiger partial charge in [-0.1, -0.05) is 64.8 Å². The minimum Gasteiger partial charge on any atom is -0.387 e. The van der Waals surface area contributed by atoms with E-state index in [1.54, 1.807) is 0 Å². The molecule has 2 rings (SSSR count). The Morgan fingerprint density at radius 2 is 1.71 bits per heavy atom. The summed E-state index contributed by atoms with van der Waals surface area (Å²) in [6, 6.07) is 8.95. The van der Waals surface area contributed by atoms with Gasteiger partial charge in [0.1, 0.15) is 0 Å². The van der Waals surface area contributed by atoms with E-state index >= 15 is 0 Å². The SMILES string of the molecule is CC(C)c1ccc(C(O)CNC2CCCC(C)C2C)cc1. The van der Waals surface area contributed by atoms with Gasteiger partial charge in [0.15, 0.2) is 0 Å². The van der Waals surface area contributed by atoms with Crippen LogP contribution in [0.15, 0.2) is 24.3 Å². The van der Waals surface area contributed by atoms with Crippen molar-refractivity contribution in [2.45, 2.75) is 65.0 Å². The van der Waals surface area contributed by atoms with Crippen LogP contribution in [0.2, 0.25) is 0 Å². The van der Waals surface area contributed by atoms with Gasteiger partial charge in [0.25, 0.3) is 0 Å². The second kappa shape index (κ2) is 7.42. The van der Waals surface area contributed by atoms with Crippen molar-refractivity contribution in [3.8, 4) is 0 Å². The first-order chi connectivity index (χ1) is 9.99. The van der Waals surface area contributed by atoms with Gasteiger partial charge < -0.3 is 10.4 Å². The van der Waals surface area contributed by atoms with Crippen molar-refractivity contribution in [1.29, 1.82) is 0 Å². The van der Waals surface area contributed by atoms with E-state index in [2.05, 4.69) is 57.3 Å². The molecule has 1 fully saturated rings. The molecule has 2 N–H and O–H groups in total. The highest BCUT2D eigenvalue weighted by atomic mass is 16.3. The Bertz CT molecular complexity index is 426. The van der Waals surface area contributed by atoms with Crippen molar-refractivity contribution in [1.82, 2.24) is 5.32 Å². The van der Waals surface area contributed by atoms with E-state index < -0.39 is 6.10 Å². The van der Waals surface area contributed by atoms with Crippen LogP contribution in [0.1, 0.15) is 70.1 Å². The Balaban J connectivity index is 1.87. The summed E-state index contributed by atoms with van der Waals surface area (Å²) in [5, 5.41) is 14.0. The molecule has 1 aliphatic carbocycles. The molecule has 0 aliphatic heterocycles. The first-order valence-corrected chi connectivity index (χ1v) is 8.50. The quantitative estimate of drug-likeness (QED) is 0.849. The highest BCUT2D eigenvalue weighted by Crippen LogP contribution is 2.29. The van der Waals surface area contributed by atoms with E-state index in [0.717, 1.165) is 11.5 Å². The molecule has 0 saturated heterocycles. The van der Waals surface area contributed by atoms with E-state index in [-0.39, 0.29) is 0 Å². The summed E-state index contributed by atoms with van der Waals surface area (Å²) in [5.41, 5.74) is 2.34. The molecule has 0 amide bonds. The van der Waals surface area contributed by atoms with Crippen LogP contribution >= 0.6 is 0 Å². The topological polar surface area (TPSA) is 32.3 Å². The molecule has 4 unspecified atom stereocenters. The molecule has 2 nitrogen and oxygen atoms in total. The number of aliphatic hydroxyl groups excluding tert-OH is 1. The molecular formula is C19H31NO. The van der Waals surface area contributed by atoms with Gasteiger partial charge in [0.2, 0.25) is 0 Å². The largest absolute Gasteiger partial charge is 0.387 e. The summed E-state index contributed by atoms with van der Waals surface area (Å²) in [6.45, 7) is 9.73. The minimum absolute atomic E-state index is 0.407.